The number of ether oxygens (including phenoxy) is 1. The molecule has 1 fully saturated rings. The zero-order valence-corrected chi connectivity index (χ0v) is 8.63. The Morgan fingerprint density at radius 2 is 1.88 bits per heavy atom. The maximum Gasteiger partial charge on any atom is 0.328 e. The molecule has 0 bridgehead atoms. The lowest BCUT2D eigenvalue weighted by molar-refractivity contribution is -0.134. The number of nitrogens with one attached hydrogen (secondary N) is 1. The van der Waals surface area contributed by atoms with Crippen molar-refractivity contribution in [2.75, 3.05) is 26.3 Å². The summed E-state index contributed by atoms with van der Waals surface area (Å²) in [5, 5.41) is 27.3. The second-order valence-electron chi connectivity index (χ2n) is 2.89. The van der Waals surface area contributed by atoms with Crippen molar-refractivity contribution in [1.82, 2.24) is 5.32 Å². The molecule has 0 saturated carbocycles. The molecule has 1 aliphatic heterocycles. The molecule has 1 atom stereocenters. The number of aliphatic hydroxyl groups is 1. The van der Waals surface area contributed by atoms with Gasteiger partial charge in [0.2, 0.25) is 0 Å². The quantitative estimate of drug-likeness (QED) is 0.447. The third kappa shape index (κ3) is 9.13. The second kappa shape index (κ2) is 8.84. The molecule has 0 aromatic carbocycles. The highest BCUT2D eigenvalue weighted by molar-refractivity contribution is 5.89. The maximum absolute atomic E-state index is 9.55. The number of aliphatic hydroxyl groups excluding tert-OH is 1. The fraction of sp³-hybridized carbons (Fsp3) is 0.556. The van der Waals surface area contributed by atoms with E-state index in [1.54, 1.807) is 0 Å². The van der Waals surface area contributed by atoms with Crippen LogP contribution in [0.15, 0.2) is 12.2 Å². The molecule has 1 saturated heterocycles. The van der Waals surface area contributed by atoms with Gasteiger partial charge in [-0.15, -0.1) is 0 Å². The molecule has 7 heteroatoms. The SMILES string of the molecule is O=C(O)/C=C\C(=O)O.OCC1CNCCO1. The first-order valence-electron chi connectivity index (χ1n) is 4.63. The Morgan fingerprint density at radius 3 is 2.12 bits per heavy atom. The number of morpholine rings is 1. The average Bonchev–Trinajstić information content (AvgIpc) is 2.28. The van der Waals surface area contributed by atoms with Crippen LogP contribution in [-0.2, 0) is 14.3 Å². The average molecular weight is 233 g/mol. The molecule has 4 N–H and O–H groups in total. The second-order valence-corrected chi connectivity index (χ2v) is 2.89. The zero-order chi connectivity index (χ0) is 12.4. The molecule has 1 rings (SSSR count). The van der Waals surface area contributed by atoms with Crippen LogP contribution >= 0.6 is 0 Å². The van der Waals surface area contributed by atoms with E-state index in [-0.39, 0.29) is 12.7 Å². The Labute approximate surface area is 92.3 Å². The number of carboxylic acids is 2. The third-order valence-electron chi connectivity index (χ3n) is 1.58. The molecule has 92 valence electrons. The summed E-state index contributed by atoms with van der Waals surface area (Å²) in [6, 6.07) is 0. The van der Waals surface area contributed by atoms with Crippen molar-refractivity contribution in [2.45, 2.75) is 6.10 Å². The standard InChI is InChI=1S/C5H11NO2.C4H4O4/c7-4-5-3-6-1-2-8-5;5-3(6)1-2-4(7)8/h5-7H,1-4H2;1-2H,(H,5,6)(H,7,8)/b;2-1-. The summed E-state index contributed by atoms with van der Waals surface area (Å²) in [4.78, 5) is 19.1. The van der Waals surface area contributed by atoms with Gasteiger partial charge >= 0.3 is 11.9 Å². The molecule has 0 aromatic rings. The molecule has 0 aliphatic carbocycles. The number of hydrogen-bond acceptors (Lipinski definition) is 5. The van der Waals surface area contributed by atoms with Crippen LogP contribution in [0.5, 0.6) is 0 Å². The Morgan fingerprint density at radius 1 is 1.31 bits per heavy atom. The lowest BCUT2D eigenvalue weighted by Crippen LogP contribution is -2.40. The van der Waals surface area contributed by atoms with E-state index in [2.05, 4.69) is 5.32 Å². The summed E-state index contributed by atoms with van der Waals surface area (Å²) in [7, 11) is 0. The van der Waals surface area contributed by atoms with E-state index in [1.807, 2.05) is 0 Å². The highest BCUT2D eigenvalue weighted by Crippen LogP contribution is 1.92. The minimum atomic E-state index is -1.26. The van der Waals surface area contributed by atoms with E-state index in [4.69, 9.17) is 20.1 Å². The Kier molecular flexibility index (Phi) is 8.04. The fourth-order valence-electron chi connectivity index (χ4n) is 0.880. The van der Waals surface area contributed by atoms with Gasteiger partial charge in [-0.2, -0.15) is 0 Å². The number of hydrogen-bond donors (Lipinski definition) is 4. The first-order valence-corrected chi connectivity index (χ1v) is 4.63. The monoisotopic (exact) mass is 233 g/mol. The van der Waals surface area contributed by atoms with Crippen LogP contribution in [0.3, 0.4) is 0 Å². The van der Waals surface area contributed by atoms with E-state index in [0.29, 0.717) is 12.2 Å². The van der Waals surface area contributed by atoms with E-state index in [0.717, 1.165) is 19.7 Å². The van der Waals surface area contributed by atoms with Gasteiger partial charge in [0.15, 0.2) is 0 Å². The Bertz CT molecular complexity index is 230. The number of rotatable bonds is 3. The van der Waals surface area contributed by atoms with Gasteiger partial charge in [-0.3, -0.25) is 0 Å². The van der Waals surface area contributed by atoms with Gasteiger partial charge < -0.3 is 25.4 Å². The fourth-order valence-corrected chi connectivity index (χ4v) is 0.880. The van der Waals surface area contributed by atoms with Crippen molar-refractivity contribution in [3.63, 3.8) is 0 Å². The van der Waals surface area contributed by atoms with Crippen molar-refractivity contribution in [3.05, 3.63) is 12.2 Å². The minimum absolute atomic E-state index is 0.0312. The molecular formula is C9H15NO6. The van der Waals surface area contributed by atoms with Gasteiger partial charge in [0.25, 0.3) is 0 Å². The molecule has 1 aliphatic rings. The molecule has 0 spiro atoms. The van der Waals surface area contributed by atoms with Crippen molar-refractivity contribution in [3.8, 4) is 0 Å². The highest BCUT2D eigenvalue weighted by Gasteiger charge is 2.10. The summed E-state index contributed by atoms with van der Waals surface area (Å²) in [5.41, 5.74) is 0. The van der Waals surface area contributed by atoms with E-state index >= 15 is 0 Å². The van der Waals surface area contributed by atoms with Gasteiger partial charge in [-0.1, -0.05) is 0 Å². The van der Waals surface area contributed by atoms with Gasteiger partial charge in [0, 0.05) is 25.2 Å². The van der Waals surface area contributed by atoms with Crippen LogP contribution in [-0.4, -0.2) is 59.7 Å². The smallest absolute Gasteiger partial charge is 0.328 e. The van der Waals surface area contributed by atoms with Gasteiger partial charge in [0.1, 0.15) is 0 Å². The van der Waals surface area contributed by atoms with Crippen molar-refractivity contribution < 1.29 is 29.6 Å². The van der Waals surface area contributed by atoms with E-state index in [9.17, 15) is 9.59 Å². The van der Waals surface area contributed by atoms with Crippen molar-refractivity contribution in [2.24, 2.45) is 0 Å². The van der Waals surface area contributed by atoms with Gasteiger partial charge in [-0.05, 0) is 0 Å². The van der Waals surface area contributed by atoms with Gasteiger partial charge in [-0.25, -0.2) is 9.59 Å². The molecule has 1 unspecified atom stereocenters. The van der Waals surface area contributed by atoms with Crippen LogP contribution in [0.2, 0.25) is 0 Å². The molecule has 0 radical (unpaired) electrons. The summed E-state index contributed by atoms with van der Waals surface area (Å²) < 4.78 is 5.11. The van der Waals surface area contributed by atoms with Crippen molar-refractivity contribution >= 4 is 11.9 Å². The number of carbonyl (C=O) groups is 2. The van der Waals surface area contributed by atoms with Crippen LogP contribution < -0.4 is 5.32 Å². The lowest BCUT2D eigenvalue weighted by Gasteiger charge is -2.21. The Balaban J connectivity index is 0.000000281. The zero-order valence-electron chi connectivity index (χ0n) is 8.63. The number of aliphatic carboxylic acids is 2. The normalized spacial score (nSPS) is 19.9. The summed E-state index contributed by atoms with van der Waals surface area (Å²) >= 11 is 0. The number of carboxylic acid groups (broad SMARTS) is 2. The largest absolute Gasteiger partial charge is 0.478 e. The first-order chi connectivity index (χ1) is 7.56. The molecule has 0 aromatic heterocycles. The third-order valence-corrected chi connectivity index (χ3v) is 1.58. The van der Waals surface area contributed by atoms with Crippen molar-refractivity contribution in [1.29, 1.82) is 0 Å². The Hall–Kier alpha value is -1.44. The van der Waals surface area contributed by atoms with Gasteiger partial charge in [0.05, 0.1) is 19.3 Å². The lowest BCUT2D eigenvalue weighted by atomic mass is 10.3. The van der Waals surface area contributed by atoms with Crippen LogP contribution in [0, 0.1) is 0 Å². The van der Waals surface area contributed by atoms with E-state index in [1.165, 1.54) is 0 Å². The summed E-state index contributed by atoms with van der Waals surface area (Å²) in [6.07, 6.45) is 1.15. The topological polar surface area (TPSA) is 116 Å². The summed E-state index contributed by atoms with van der Waals surface area (Å²) in [5.74, 6) is -2.51. The predicted octanol–water partition coefficient (Wildman–Crippen LogP) is -1.32. The van der Waals surface area contributed by atoms with Crippen LogP contribution in [0.1, 0.15) is 0 Å². The maximum atomic E-state index is 9.55. The summed E-state index contributed by atoms with van der Waals surface area (Å²) in [6.45, 7) is 2.56. The van der Waals surface area contributed by atoms with E-state index < -0.39 is 11.9 Å². The van der Waals surface area contributed by atoms with Crippen LogP contribution in [0.25, 0.3) is 0 Å². The first kappa shape index (κ1) is 14.6. The minimum Gasteiger partial charge on any atom is -0.478 e. The molecule has 7 nitrogen and oxygen atoms in total. The highest BCUT2D eigenvalue weighted by atomic mass is 16.5. The molecule has 1 heterocycles. The van der Waals surface area contributed by atoms with Crippen LogP contribution in [0.4, 0.5) is 0 Å². The molecule has 0 amide bonds. The molecular weight excluding hydrogens is 218 g/mol. The predicted molar refractivity (Wildman–Crippen MR) is 54.1 cm³/mol. The molecule has 16 heavy (non-hydrogen) atoms.